The van der Waals surface area contributed by atoms with Crippen LogP contribution in [-0.2, 0) is 24.3 Å². The number of aryl methyl sites for hydroxylation is 1. The lowest BCUT2D eigenvalue weighted by Crippen LogP contribution is -2.35. The summed E-state index contributed by atoms with van der Waals surface area (Å²) in [5, 5.41) is 14.6. The van der Waals surface area contributed by atoms with Gasteiger partial charge in [0, 0.05) is 25.1 Å². The summed E-state index contributed by atoms with van der Waals surface area (Å²) in [6.07, 6.45) is 3.13. The van der Waals surface area contributed by atoms with E-state index in [2.05, 4.69) is 15.0 Å². The van der Waals surface area contributed by atoms with Gasteiger partial charge in [0.25, 0.3) is 0 Å². The summed E-state index contributed by atoms with van der Waals surface area (Å²) in [5.41, 5.74) is 2.10. The lowest BCUT2D eigenvalue weighted by Gasteiger charge is -2.23. The third-order valence-corrected chi connectivity index (χ3v) is 4.98. The average molecular weight is 437 g/mol. The van der Waals surface area contributed by atoms with Gasteiger partial charge in [-0.05, 0) is 31.2 Å². The highest BCUT2D eigenvalue weighted by Gasteiger charge is 2.16. The van der Waals surface area contributed by atoms with Gasteiger partial charge in [-0.1, -0.05) is 35.0 Å². The summed E-state index contributed by atoms with van der Waals surface area (Å²) in [7, 11) is 0. The zero-order valence-electron chi connectivity index (χ0n) is 18.0. The molecular weight excluding hydrogens is 410 g/mol. The van der Waals surface area contributed by atoms with E-state index >= 15 is 0 Å². The Morgan fingerprint density at radius 2 is 1.78 bits per heavy atom. The zero-order valence-corrected chi connectivity index (χ0v) is 18.0. The number of aromatic nitrogens is 2. The molecule has 0 saturated heterocycles. The van der Waals surface area contributed by atoms with Gasteiger partial charge in [0.15, 0.2) is 0 Å². The maximum Gasteiger partial charge on any atom is 0.228 e. The van der Waals surface area contributed by atoms with Crippen LogP contribution < -0.4 is 0 Å². The van der Waals surface area contributed by atoms with E-state index < -0.39 is 6.10 Å². The number of aliphatic hydroxyl groups is 1. The van der Waals surface area contributed by atoms with Gasteiger partial charge < -0.3 is 23.2 Å². The smallest absolute Gasteiger partial charge is 0.228 e. The SMILES string of the molecule is Cc1ccc(-c2noc(CCN(Cc3ccco3)C[C@H](O)COCc3ccco3)n2)cc1. The highest BCUT2D eigenvalue weighted by atomic mass is 16.5. The Bertz CT molecular complexity index is 1040. The molecule has 0 aliphatic carbocycles. The fourth-order valence-electron chi connectivity index (χ4n) is 3.33. The molecule has 0 unspecified atom stereocenters. The van der Waals surface area contributed by atoms with Crippen LogP contribution in [0.25, 0.3) is 11.4 Å². The third-order valence-electron chi connectivity index (χ3n) is 4.98. The van der Waals surface area contributed by atoms with Crippen LogP contribution in [0.3, 0.4) is 0 Å². The number of hydrogen-bond donors (Lipinski definition) is 1. The minimum Gasteiger partial charge on any atom is -0.468 e. The second-order valence-corrected chi connectivity index (χ2v) is 7.69. The summed E-state index contributed by atoms with van der Waals surface area (Å²) in [6, 6.07) is 15.4. The fourth-order valence-corrected chi connectivity index (χ4v) is 3.33. The first-order valence-corrected chi connectivity index (χ1v) is 10.6. The number of benzene rings is 1. The normalized spacial score (nSPS) is 12.5. The van der Waals surface area contributed by atoms with Crippen molar-refractivity contribution >= 4 is 0 Å². The molecule has 0 amide bonds. The molecule has 0 aliphatic heterocycles. The molecule has 1 aromatic carbocycles. The van der Waals surface area contributed by atoms with Gasteiger partial charge in [0.1, 0.15) is 18.1 Å². The van der Waals surface area contributed by atoms with Gasteiger partial charge in [0.05, 0.1) is 31.8 Å². The van der Waals surface area contributed by atoms with Crippen molar-refractivity contribution in [1.29, 1.82) is 0 Å². The molecule has 1 atom stereocenters. The van der Waals surface area contributed by atoms with Crippen LogP contribution in [0, 0.1) is 6.92 Å². The van der Waals surface area contributed by atoms with Crippen molar-refractivity contribution < 1.29 is 23.2 Å². The van der Waals surface area contributed by atoms with Crippen LogP contribution in [0.15, 0.2) is 74.4 Å². The molecule has 3 aromatic heterocycles. The molecule has 8 nitrogen and oxygen atoms in total. The fraction of sp³-hybridized carbons (Fsp3) is 0.333. The monoisotopic (exact) mass is 437 g/mol. The molecule has 4 rings (SSSR count). The molecule has 4 aromatic rings. The van der Waals surface area contributed by atoms with E-state index in [4.69, 9.17) is 18.1 Å². The van der Waals surface area contributed by atoms with Crippen LogP contribution in [0.4, 0.5) is 0 Å². The number of nitrogens with zero attached hydrogens (tertiary/aromatic N) is 3. The van der Waals surface area contributed by atoms with Crippen molar-refractivity contribution in [3.05, 3.63) is 84.0 Å². The molecule has 1 N–H and O–H groups in total. The third kappa shape index (κ3) is 6.40. The molecule has 0 saturated carbocycles. The van der Waals surface area contributed by atoms with Crippen molar-refractivity contribution in [3.8, 4) is 11.4 Å². The van der Waals surface area contributed by atoms with Gasteiger partial charge in [-0.2, -0.15) is 4.98 Å². The van der Waals surface area contributed by atoms with E-state index in [9.17, 15) is 5.11 Å². The molecule has 8 heteroatoms. The molecule has 0 aliphatic rings. The standard InChI is InChI=1S/C24H27N3O5/c1-18-6-8-19(9-7-18)24-25-23(32-26-24)10-11-27(15-21-4-2-12-30-21)14-20(28)16-29-17-22-5-3-13-31-22/h2-9,12-13,20,28H,10-11,14-17H2,1H3/t20-/m0/s1. The molecule has 0 spiro atoms. The first-order chi connectivity index (χ1) is 15.7. The van der Waals surface area contributed by atoms with Gasteiger partial charge in [-0.25, -0.2) is 0 Å². The highest BCUT2D eigenvalue weighted by molar-refractivity contribution is 5.54. The van der Waals surface area contributed by atoms with Crippen LogP contribution >= 0.6 is 0 Å². The van der Waals surface area contributed by atoms with Crippen molar-refractivity contribution in [2.45, 2.75) is 32.6 Å². The Balaban J connectivity index is 1.31. The predicted molar refractivity (Wildman–Crippen MR) is 117 cm³/mol. The lowest BCUT2D eigenvalue weighted by atomic mass is 10.1. The average Bonchev–Trinajstić information content (AvgIpc) is 3.56. The topological polar surface area (TPSA) is 97.9 Å². The number of aliphatic hydroxyl groups excluding tert-OH is 1. The van der Waals surface area contributed by atoms with Gasteiger partial charge >= 0.3 is 0 Å². The highest BCUT2D eigenvalue weighted by Crippen LogP contribution is 2.17. The molecule has 32 heavy (non-hydrogen) atoms. The number of rotatable bonds is 12. The summed E-state index contributed by atoms with van der Waals surface area (Å²) >= 11 is 0. The van der Waals surface area contributed by atoms with E-state index in [0.717, 1.165) is 17.1 Å². The van der Waals surface area contributed by atoms with E-state index in [0.29, 0.717) is 44.4 Å². The number of ether oxygens (including phenoxy) is 1. The Hall–Kier alpha value is -3.20. The summed E-state index contributed by atoms with van der Waals surface area (Å²) in [4.78, 5) is 6.59. The lowest BCUT2D eigenvalue weighted by molar-refractivity contribution is 0.00290. The van der Waals surface area contributed by atoms with Crippen LogP contribution in [0.5, 0.6) is 0 Å². The van der Waals surface area contributed by atoms with E-state index in [1.54, 1.807) is 12.5 Å². The second kappa shape index (κ2) is 10.9. The van der Waals surface area contributed by atoms with Crippen LogP contribution in [0.2, 0.25) is 0 Å². The van der Waals surface area contributed by atoms with Gasteiger partial charge in [-0.3, -0.25) is 4.90 Å². The minimum absolute atomic E-state index is 0.202. The Morgan fingerprint density at radius 1 is 1.03 bits per heavy atom. The maximum absolute atomic E-state index is 10.5. The Kier molecular flexibility index (Phi) is 7.50. The van der Waals surface area contributed by atoms with Crippen molar-refractivity contribution in [2.75, 3.05) is 19.7 Å². The quantitative estimate of drug-likeness (QED) is 0.357. The van der Waals surface area contributed by atoms with Gasteiger partial charge in [0.2, 0.25) is 11.7 Å². The first kappa shape index (κ1) is 22.0. The summed E-state index contributed by atoms with van der Waals surface area (Å²) < 4.78 is 21.7. The van der Waals surface area contributed by atoms with Crippen LogP contribution in [0.1, 0.15) is 23.0 Å². The second-order valence-electron chi connectivity index (χ2n) is 7.69. The maximum atomic E-state index is 10.5. The molecule has 0 radical (unpaired) electrons. The number of hydrogen-bond acceptors (Lipinski definition) is 8. The van der Waals surface area contributed by atoms with E-state index in [1.165, 1.54) is 5.56 Å². The molecule has 0 bridgehead atoms. The Labute approximate surface area is 186 Å². The predicted octanol–water partition coefficient (Wildman–Crippen LogP) is 3.85. The van der Waals surface area contributed by atoms with E-state index in [1.807, 2.05) is 55.5 Å². The molecular formula is C24H27N3O5. The molecule has 168 valence electrons. The minimum atomic E-state index is -0.661. The van der Waals surface area contributed by atoms with Crippen LogP contribution in [-0.4, -0.2) is 45.9 Å². The summed E-state index contributed by atoms with van der Waals surface area (Å²) in [5.74, 6) is 2.67. The number of furan rings is 2. The summed E-state index contributed by atoms with van der Waals surface area (Å²) in [6.45, 7) is 4.15. The first-order valence-electron chi connectivity index (χ1n) is 10.6. The van der Waals surface area contributed by atoms with Crippen molar-refractivity contribution in [2.24, 2.45) is 0 Å². The largest absolute Gasteiger partial charge is 0.468 e. The molecule has 0 fully saturated rings. The zero-order chi connectivity index (χ0) is 22.2. The van der Waals surface area contributed by atoms with Crippen molar-refractivity contribution in [3.63, 3.8) is 0 Å². The van der Waals surface area contributed by atoms with E-state index in [-0.39, 0.29) is 6.61 Å². The van der Waals surface area contributed by atoms with Gasteiger partial charge in [-0.15, -0.1) is 0 Å². The van der Waals surface area contributed by atoms with Crippen molar-refractivity contribution in [1.82, 2.24) is 15.0 Å². The molecule has 3 heterocycles. The Morgan fingerprint density at radius 3 is 2.50 bits per heavy atom.